The number of sulfonamides is 1. The van der Waals surface area contributed by atoms with Crippen LogP contribution in [0, 0.1) is 5.82 Å². The molecule has 0 aromatic heterocycles. The van der Waals surface area contributed by atoms with Crippen LogP contribution in [-0.2, 0) is 14.8 Å². The van der Waals surface area contributed by atoms with Gasteiger partial charge in [0.2, 0.25) is 15.9 Å². The monoisotopic (exact) mass is 460 g/mol. The summed E-state index contributed by atoms with van der Waals surface area (Å²) in [5, 5.41) is 2.35. The third-order valence-corrected chi connectivity index (χ3v) is 5.61. The Kier molecular flexibility index (Phi) is 6.79. The van der Waals surface area contributed by atoms with E-state index in [0.717, 1.165) is 0 Å². The molecule has 2 aromatic rings. The number of benzene rings is 2. The highest BCUT2D eigenvalue weighted by atomic mass is 79.9. The summed E-state index contributed by atoms with van der Waals surface area (Å²) in [4.78, 5) is 12.1. The molecule has 0 radical (unpaired) electrons. The van der Waals surface area contributed by atoms with Crippen LogP contribution in [0.3, 0.4) is 0 Å². The van der Waals surface area contributed by atoms with Gasteiger partial charge in [-0.05, 0) is 37.3 Å². The van der Waals surface area contributed by atoms with Gasteiger partial charge < -0.3 is 14.8 Å². The molecule has 0 bridgehead atoms. The Balaban J connectivity index is 2.15. The van der Waals surface area contributed by atoms with E-state index in [1.54, 1.807) is 6.07 Å². The molecule has 0 spiro atoms. The van der Waals surface area contributed by atoms with Crippen LogP contribution >= 0.6 is 15.9 Å². The van der Waals surface area contributed by atoms with Crippen molar-refractivity contribution in [3.8, 4) is 11.5 Å². The molecule has 0 saturated carbocycles. The molecule has 0 unspecified atom stereocenters. The van der Waals surface area contributed by atoms with Gasteiger partial charge in [-0.2, -0.15) is 4.72 Å². The number of anilines is 1. The molecule has 27 heavy (non-hydrogen) atoms. The molecule has 0 aliphatic rings. The van der Waals surface area contributed by atoms with Gasteiger partial charge in [0.25, 0.3) is 0 Å². The third-order valence-electron chi connectivity index (χ3n) is 3.58. The first-order chi connectivity index (χ1) is 12.7. The van der Waals surface area contributed by atoms with Gasteiger partial charge in [-0.25, -0.2) is 12.8 Å². The lowest BCUT2D eigenvalue weighted by Gasteiger charge is -2.16. The Morgan fingerprint density at radius 1 is 1.11 bits per heavy atom. The van der Waals surface area contributed by atoms with Gasteiger partial charge in [0.1, 0.15) is 5.82 Å². The van der Waals surface area contributed by atoms with E-state index >= 15 is 0 Å². The van der Waals surface area contributed by atoms with Crippen LogP contribution in [0.4, 0.5) is 10.1 Å². The average molecular weight is 461 g/mol. The van der Waals surface area contributed by atoms with Crippen molar-refractivity contribution < 1.29 is 27.1 Å². The maximum absolute atomic E-state index is 13.8. The number of amides is 1. The number of carbonyl (C=O) groups excluding carboxylic acids is 1. The molecule has 10 heteroatoms. The molecular formula is C17H18BrFN2O5S. The smallest absolute Gasteiger partial charge is 0.242 e. The van der Waals surface area contributed by atoms with Gasteiger partial charge in [-0.3, -0.25) is 4.79 Å². The largest absolute Gasteiger partial charge is 0.493 e. The molecule has 2 aromatic carbocycles. The maximum Gasteiger partial charge on any atom is 0.242 e. The molecule has 146 valence electrons. The fraction of sp³-hybridized carbons (Fsp3) is 0.235. The van der Waals surface area contributed by atoms with Crippen molar-refractivity contribution in [2.45, 2.75) is 17.9 Å². The van der Waals surface area contributed by atoms with E-state index in [4.69, 9.17) is 9.47 Å². The zero-order valence-electron chi connectivity index (χ0n) is 14.7. The van der Waals surface area contributed by atoms with Gasteiger partial charge in [-0.15, -0.1) is 0 Å². The summed E-state index contributed by atoms with van der Waals surface area (Å²) in [5.74, 6) is -0.754. The summed E-state index contributed by atoms with van der Waals surface area (Å²) in [7, 11) is -1.21. The number of hydrogen-bond donors (Lipinski definition) is 2. The van der Waals surface area contributed by atoms with E-state index in [1.165, 1.54) is 51.5 Å². The summed E-state index contributed by atoms with van der Waals surface area (Å²) in [6.45, 7) is 1.35. The maximum atomic E-state index is 13.8. The van der Waals surface area contributed by atoms with Crippen LogP contribution in [0.1, 0.15) is 6.92 Å². The fourth-order valence-electron chi connectivity index (χ4n) is 2.17. The number of nitrogens with one attached hydrogen (secondary N) is 2. The normalized spacial score (nSPS) is 12.3. The molecular weight excluding hydrogens is 443 g/mol. The molecule has 1 amide bonds. The highest BCUT2D eigenvalue weighted by molar-refractivity contribution is 9.10. The Hall–Kier alpha value is -2.17. The van der Waals surface area contributed by atoms with E-state index in [1.807, 2.05) is 0 Å². The minimum Gasteiger partial charge on any atom is -0.493 e. The number of ether oxygens (including phenoxy) is 2. The summed E-state index contributed by atoms with van der Waals surface area (Å²) in [6, 6.07) is 7.00. The molecule has 1 atom stereocenters. The first-order valence-electron chi connectivity index (χ1n) is 7.68. The number of carbonyl (C=O) groups is 1. The lowest BCUT2D eigenvalue weighted by atomic mass is 10.2. The molecule has 2 N–H and O–H groups in total. The van der Waals surface area contributed by atoms with E-state index < -0.39 is 27.8 Å². The van der Waals surface area contributed by atoms with Gasteiger partial charge >= 0.3 is 0 Å². The Morgan fingerprint density at radius 3 is 2.37 bits per heavy atom. The number of rotatable bonds is 7. The molecule has 0 aliphatic heterocycles. The van der Waals surface area contributed by atoms with Gasteiger partial charge in [0.15, 0.2) is 11.5 Å². The average Bonchev–Trinajstić information content (AvgIpc) is 2.62. The highest BCUT2D eigenvalue weighted by Gasteiger charge is 2.24. The third kappa shape index (κ3) is 5.18. The van der Waals surface area contributed by atoms with E-state index in [2.05, 4.69) is 26.0 Å². The molecule has 0 heterocycles. The fourth-order valence-corrected chi connectivity index (χ4v) is 3.72. The van der Waals surface area contributed by atoms with Crippen LogP contribution in [-0.4, -0.2) is 34.6 Å². The Bertz CT molecular complexity index is 952. The minimum absolute atomic E-state index is 0.0552. The lowest BCUT2D eigenvalue weighted by molar-refractivity contribution is -0.117. The second-order valence-electron chi connectivity index (χ2n) is 5.47. The summed E-state index contributed by atoms with van der Waals surface area (Å²) in [5.41, 5.74) is -0.0552. The van der Waals surface area contributed by atoms with Crippen molar-refractivity contribution in [2.24, 2.45) is 0 Å². The van der Waals surface area contributed by atoms with Crippen LogP contribution in [0.5, 0.6) is 11.5 Å². The highest BCUT2D eigenvalue weighted by Crippen LogP contribution is 2.29. The molecule has 0 aliphatic carbocycles. The molecule has 0 saturated heterocycles. The molecule has 0 fully saturated rings. The van der Waals surface area contributed by atoms with Crippen LogP contribution < -0.4 is 19.5 Å². The summed E-state index contributed by atoms with van der Waals surface area (Å²) < 4.78 is 51.8. The van der Waals surface area contributed by atoms with Crippen molar-refractivity contribution >= 4 is 37.5 Å². The second-order valence-corrected chi connectivity index (χ2v) is 8.10. The van der Waals surface area contributed by atoms with Gasteiger partial charge in [-0.1, -0.05) is 15.9 Å². The van der Waals surface area contributed by atoms with Crippen molar-refractivity contribution in [1.82, 2.24) is 4.72 Å². The summed E-state index contributed by atoms with van der Waals surface area (Å²) >= 11 is 3.12. The second kappa shape index (κ2) is 8.68. The van der Waals surface area contributed by atoms with Crippen LogP contribution in [0.2, 0.25) is 0 Å². The van der Waals surface area contributed by atoms with Crippen molar-refractivity contribution in [3.63, 3.8) is 0 Å². The first-order valence-corrected chi connectivity index (χ1v) is 9.96. The Morgan fingerprint density at radius 2 is 1.78 bits per heavy atom. The Labute approximate surface area is 165 Å². The van der Waals surface area contributed by atoms with E-state index in [-0.39, 0.29) is 16.3 Å². The van der Waals surface area contributed by atoms with Gasteiger partial charge in [0, 0.05) is 10.5 Å². The quantitative estimate of drug-likeness (QED) is 0.662. The minimum atomic E-state index is -4.02. The van der Waals surface area contributed by atoms with Gasteiger partial charge in [0.05, 0.1) is 30.8 Å². The van der Waals surface area contributed by atoms with Crippen molar-refractivity contribution in [3.05, 3.63) is 46.7 Å². The first kappa shape index (κ1) is 21.1. The van der Waals surface area contributed by atoms with Crippen molar-refractivity contribution in [1.29, 1.82) is 0 Å². The molecule has 7 nitrogen and oxygen atoms in total. The standard InChI is InChI=1S/C17H18BrFN2O5S/c1-10(17(22)20-14-6-4-11(18)8-13(14)19)21-27(23,24)12-5-7-15(25-2)16(9-12)26-3/h4-10,21H,1-3H3,(H,20,22)/t10-/m1/s1. The zero-order valence-corrected chi connectivity index (χ0v) is 17.1. The van der Waals surface area contributed by atoms with E-state index in [0.29, 0.717) is 10.2 Å². The topological polar surface area (TPSA) is 93.7 Å². The predicted octanol–water partition coefficient (Wildman–Crippen LogP) is 2.91. The molecule has 2 rings (SSSR count). The number of hydrogen-bond acceptors (Lipinski definition) is 5. The number of halogens is 2. The zero-order chi connectivity index (χ0) is 20.2. The van der Waals surface area contributed by atoms with Crippen molar-refractivity contribution in [2.75, 3.05) is 19.5 Å². The van der Waals surface area contributed by atoms with E-state index in [9.17, 15) is 17.6 Å². The lowest BCUT2D eigenvalue weighted by Crippen LogP contribution is -2.41. The van der Waals surface area contributed by atoms with Crippen LogP contribution in [0.15, 0.2) is 45.8 Å². The SMILES string of the molecule is COc1ccc(S(=O)(=O)N[C@H](C)C(=O)Nc2ccc(Br)cc2F)cc1OC. The number of methoxy groups -OCH3 is 2. The predicted molar refractivity (Wildman–Crippen MR) is 102 cm³/mol. The summed E-state index contributed by atoms with van der Waals surface area (Å²) in [6.07, 6.45) is 0. The van der Waals surface area contributed by atoms with Crippen LogP contribution in [0.25, 0.3) is 0 Å².